The van der Waals surface area contributed by atoms with Crippen LogP contribution in [0.1, 0.15) is 42.9 Å². The number of quaternary nitrogens is 1. The number of anilines is 1. The first-order valence-corrected chi connectivity index (χ1v) is 17.5. The number of aromatic hydroxyl groups is 1. The molecule has 3 fully saturated rings. The molecule has 18 nitrogen and oxygen atoms in total. The third kappa shape index (κ3) is 7.25. The van der Waals surface area contributed by atoms with Crippen LogP contribution in [0.2, 0.25) is 0 Å². The molecule has 6 heterocycles. The average Bonchev–Trinajstić information content (AvgIpc) is 3.69. The van der Waals surface area contributed by atoms with Gasteiger partial charge < -0.3 is 55.2 Å². The van der Waals surface area contributed by atoms with Crippen molar-refractivity contribution in [3.8, 4) is 5.75 Å². The Kier molecular flexibility index (Phi) is 10.9. The zero-order chi connectivity index (χ0) is 36.1. The summed E-state index contributed by atoms with van der Waals surface area (Å²) < 4.78 is 0.522. The van der Waals surface area contributed by atoms with Crippen LogP contribution < -0.4 is 56.2 Å². The molecular weight excluding hydrogens is 720 g/mol. The Bertz CT molecular complexity index is 1910. The van der Waals surface area contributed by atoms with E-state index < -0.39 is 57.7 Å². The van der Waals surface area contributed by atoms with Gasteiger partial charge in [-0.25, -0.2) is 4.98 Å². The van der Waals surface area contributed by atoms with Gasteiger partial charge in [-0.3, -0.25) is 24.1 Å². The number of aromatic nitrogens is 2. The third-order valence-corrected chi connectivity index (χ3v) is 11.5. The molecule has 266 valence electrons. The number of carboxylic acids is 2. The summed E-state index contributed by atoms with van der Waals surface area (Å²) >= 11 is 2.27. The van der Waals surface area contributed by atoms with Gasteiger partial charge in [0.05, 0.1) is 43.8 Å². The van der Waals surface area contributed by atoms with E-state index in [1.54, 1.807) is 4.90 Å². The number of thiazole rings is 1. The minimum absolute atomic E-state index is 0. The largest absolute Gasteiger partial charge is 1.00 e. The first-order chi connectivity index (χ1) is 23.6. The second kappa shape index (κ2) is 14.6. The number of rotatable bonds is 10. The van der Waals surface area contributed by atoms with E-state index in [2.05, 4.69) is 20.4 Å². The number of oxime groups is 1. The molecule has 5 N–H and O–H groups in total. The smallest absolute Gasteiger partial charge is 0.546 e. The molecule has 6 rings (SSSR count). The number of aromatic amines is 1. The van der Waals surface area contributed by atoms with E-state index in [-0.39, 0.29) is 69.5 Å². The van der Waals surface area contributed by atoms with Crippen molar-refractivity contribution in [2.24, 2.45) is 5.16 Å². The van der Waals surface area contributed by atoms with E-state index in [1.165, 1.54) is 31.0 Å². The number of β-lactam (4-membered cyclic amide) rings is 1. The minimum Gasteiger partial charge on any atom is -0.546 e. The quantitative estimate of drug-likeness (QED) is 0.0580. The van der Waals surface area contributed by atoms with Crippen molar-refractivity contribution in [3.63, 3.8) is 0 Å². The molecule has 0 bridgehead atoms. The molecule has 4 aliphatic heterocycles. The van der Waals surface area contributed by atoms with Gasteiger partial charge in [-0.05, 0) is 13.8 Å². The Hall–Kier alpha value is -3.95. The molecule has 3 saturated heterocycles. The molecule has 4 aliphatic rings. The molecule has 0 aliphatic carbocycles. The molecule has 1 unspecified atom stereocenters. The van der Waals surface area contributed by atoms with Crippen LogP contribution in [0.15, 0.2) is 38.9 Å². The number of nitrogens with one attached hydrogen (secondary N) is 2. The number of thioether (sulfide) groups is 1. The van der Waals surface area contributed by atoms with Gasteiger partial charge in [0.1, 0.15) is 35.4 Å². The molecule has 21 heteroatoms. The number of nitrogens with two attached hydrogens (primary N) is 1. The molecule has 0 saturated carbocycles. The number of piperazine rings is 1. The van der Waals surface area contributed by atoms with E-state index in [0.29, 0.717) is 36.2 Å². The fourth-order valence-corrected chi connectivity index (χ4v) is 8.62. The fraction of sp³-hybridized carbons (Fsp3) is 0.467. The van der Waals surface area contributed by atoms with Crippen molar-refractivity contribution in [2.75, 3.05) is 44.2 Å². The number of carboxylic acid groups (broad SMARTS) is 2. The zero-order valence-corrected chi connectivity index (χ0v) is 31.5. The number of hydrogen-bond acceptors (Lipinski definition) is 15. The molecule has 2 aromatic heterocycles. The van der Waals surface area contributed by atoms with E-state index in [4.69, 9.17) is 10.6 Å². The number of amides is 3. The number of H-pyrrole nitrogens is 1. The zero-order valence-electron chi connectivity index (χ0n) is 27.9. The number of fused-ring (bicyclic) bond motifs is 2. The van der Waals surface area contributed by atoms with Gasteiger partial charge in [0.15, 0.2) is 22.2 Å². The SMILES string of the molecule is CC(C)(O/N=C(/C(=O)N[C@@H]1C(=O)N2C(C(=O)[O-])=C(C[N+]34CCC[C@H]3CN(C(=O)c3cc(=O)c(O)c[nH]3)CC4)CS[C@H]12)c1csc(N)n1)C(=O)[O-].[Na+]. The first-order valence-electron chi connectivity index (χ1n) is 15.6. The predicted molar refractivity (Wildman–Crippen MR) is 173 cm³/mol. The molecule has 51 heavy (non-hydrogen) atoms. The summed E-state index contributed by atoms with van der Waals surface area (Å²) in [6.07, 6.45) is 2.71. The monoisotopic (exact) mass is 752 g/mol. The minimum atomic E-state index is -1.91. The summed E-state index contributed by atoms with van der Waals surface area (Å²) in [5.74, 6) is -5.35. The van der Waals surface area contributed by atoms with Gasteiger partial charge in [-0.1, -0.05) is 5.16 Å². The van der Waals surface area contributed by atoms with Crippen LogP contribution in [-0.4, -0.2) is 126 Å². The van der Waals surface area contributed by atoms with Crippen LogP contribution in [0.25, 0.3) is 0 Å². The average molecular weight is 753 g/mol. The number of nitrogen functional groups attached to an aromatic ring is 1. The second-order valence-electron chi connectivity index (χ2n) is 13.0. The van der Waals surface area contributed by atoms with Crippen LogP contribution in [0, 0.1) is 0 Å². The van der Waals surface area contributed by atoms with Gasteiger partial charge >= 0.3 is 29.6 Å². The number of hydrogen-bond donors (Lipinski definition) is 4. The summed E-state index contributed by atoms with van der Waals surface area (Å²) in [7, 11) is 0. The first kappa shape index (κ1) is 38.3. The Morgan fingerprint density at radius 2 is 2.00 bits per heavy atom. The standard InChI is InChI=1S/C30H34N8O10S2.Na/c1-30(2,28(46)47)48-35-20(17-13-50-29(31)33-17)23(41)34-21-25(43)37-22(27(44)45)14(12-49-26(21)37)11-38-6-3-4-15(38)10-36(5-7-38)24(42)16-8-18(39)19(40)9-32-16;/h8-9,13,15,21,26H,3-7,10-12H2,1-2H3,(H6-,31,32,33,34,35,39,40,41,42,44,45,46,47);/q;+1/p-1/t15-,21+,26+,38?;/m0./s1. The number of pyridine rings is 1. The summed E-state index contributed by atoms with van der Waals surface area (Å²) in [6, 6.07) is -0.106. The van der Waals surface area contributed by atoms with Crippen LogP contribution in [0.5, 0.6) is 5.75 Å². The molecular formula is C30H33N8NaO10S2. The molecule has 0 radical (unpaired) electrons. The summed E-state index contributed by atoms with van der Waals surface area (Å²) in [5, 5.41) is 40.5. The Labute approximate surface area is 320 Å². The van der Waals surface area contributed by atoms with Crippen molar-refractivity contribution < 1.29 is 78.2 Å². The molecule has 0 aromatic carbocycles. The maximum Gasteiger partial charge on any atom is 1.00 e. The summed E-state index contributed by atoms with van der Waals surface area (Å²) in [6.45, 7) is 4.64. The predicted octanol–water partition coefficient (Wildman–Crippen LogP) is -6.09. The summed E-state index contributed by atoms with van der Waals surface area (Å²) in [5.41, 5.74) is 2.99. The van der Waals surface area contributed by atoms with Crippen LogP contribution in [0.3, 0.4) is 0 Å². The van der Waals surface area contributed by atoms with Crippen LogP contribution in [-0.2, 0) is 24.0 Å². The number of nitrogens with zero attached hydrogens (tertiary/aromatic N) is 5. The summed E-state index contributed by atoms with van der Waals surface area (Å²) in [4.78, 5) is 90.4. The van der Waals surface area contributed by atoms with Crippen LogP contribution >= 0.6 is 23.1 Å². The topological polar surface area (TPSA) is 264 Å². The third-order valence-electron chi connectivity index (χ3n) is 9.44. The van der Waals surface area contributed by atoms with E-state index in [9.17, 15) is 44.1 Å². The Balaban J connectivity index is 0.00000504. The van der Waals surface area contributed by atoms with E-state index >= 15 is 0 Å². The van der Waals surface area contributed by atoms with Crippen molar-refractivity contribution in [3.05, 3.63) is 50.5 Å². The van der Waals surface area contributed by atoms with Crippen molar-refractivity contribution in [1.82, 2.24) is 25.1 Å². The number of carbonyl (C=O) groups excluding carboxylic acids is 5. The second-order valence-corrected chi connectivity index (χ2v) is 15.0. The Morgan fingerprint density at radius 1 is 1.25 bits per heavy atom. The normalized spacial score (nSPS) is 24.5. The van der Waals surface area contributed by atoms with Gasteiger partial charge in [0.25, 0.3) is 17.7 Å². The Morgan fingerprint density at radius 3 is 2.65 bits per heavy atom. The van der Waals surface area contributed by atoms with Crippen molar-refractivity contribution in [2.45, 2.75) is 49.7 Å². The van der Waals surface area contributed by atoms with E-state index in [1.807, 2.05) is 0 Å². The number of aliphatic carboxylic acids is 2. The van der Waals surface area contributed by atoms with Crippen LogP contribution in [0.4, 0.5) is 5.13 Å². The van der Waals surface area contributed by atoms with Gasteiger partial charge in [-0.2, -0.15) is 0 Å². The van der Waals surface area contributed by atoms with Gasteiger partial charge in [-0.15, -0.1) is 23.1 Å². The molecule has 3 amide bonds. The van der Waals surface area contributed by atoms with Crippen molar-refractivity contribution in [1.29, 1.82) is 0 Å². The number of carbonyl (C=O) groups is 5. The fourth-order valence-electron chi connectivity index (χ4n) is 6.73. The van der Waals surface area contributed by atoms with Gasteiger partial charge in [0, 0.05) is 41.8 Å². The van der Waals surface area contributed by atoms with Gasteiger partial charge in [0.2, 0.25) is 5.43 Å². The maximum absolute atomic E-state index is 13.5. The molecule has 2 aromatic rings. The van der Waals surface area contributed by atoms with Crippen molar-refractivity contribution >= 4 is 63.6 Å². The molecule has 0 spiro atoms. The maximum atomic E-state index is 13.5. The molecule has 4 atom stereocenters. The van der Waals surface area contributed by atoms with E-state index in [0.717, 1.165) is 47.9 Å².